The van der Waals surface area contributed by atoms with E-state index in [0.29, 0.717) is 13.1 Å². The minimum atomic E-state index is -0.321. The van der Waals surface area contributed by atoms with Crippen molar-refractivity contribution in [3.05, 3.63) is 0 Å². The van der Waals surface area contributed by atoms with E-state index < -0.39 is 0 Å². The Morgan fingerprint density at radius 1 is 1.31 bits per heavy atom. The fourth-order valence-corrected chi connectivity index (χ4v) is 3.49. The average molecular weight is 481 g/mol. The molecule has 150 valence electrons. The quantitative estimate of drug-likeness (QED) is 0.200. The van der Waals surface area contributed by atoms with Gasteiger partial charge in [-0.3, -0.25) is 14.7 Å². The van der Waals surface area contributed by atoms with Crippen molar-refractivity contribution in [1.82, 2.24) is 20.9 Å². The summed E-state index contributed by atoms with van der Waals surface area (Å²) in [5.74, 6) is 0.552. The Morgan fingerprint density at radius 3 is 2.62 bits per heavy atom. The molecule has 0 radical (unpaired) electrons. The fraction of sp³-hybridized carbons (Fsp3) is 0.824. The topological polar surface area (TPSA) is 95.1 Å². The zero-order valence-electron chi connectivity index (χ0n) is 15.8. The number of halogens is 1. The van der Waals surface area contributed by atoms with Gasteiger partial charge in [-0.15, -0.1) is 24.0 Å². The van der Waals surface area contributed by atoms with Gasteiger partial charge in [0.15, 0.2) is 5.96 Å². The molecule has 8 nitrogen and oxygen atoms in total. The fourth-order valence-electron chi connectivity index (χ4n) is 3.49. The number of imide groups is 1. The standard InChI is InChI=1S/C17H31N5O3.HI/c1-3-18-15(19-9-10-22-14(23)12-20-16(22)24)21-13-17(8-11-25-2)6-4-5-7-17;/h3-13H2,1-2H3,(H,20,24)(H2,18,19,21);1H. The first-order valence-corrected chi connectivity index (χ1v) is 9.19. The molecule has 2 aliphatic rings. The van der Waals surface area contributed by atoms with Gasteiger partial charge >= 0.3 is 6.03 Å². The zero-order chi connectivity index (χ0) is 18.1. The molecule has 9 heteroatoms. The highest BCUT2D eigenvalue weighted by Gasteiger charge is 2.33. The lowest BCUT2D eigenvalue weighted by atomic mass is 9.83. The van der Waals surface area contributed by atoms with E-state index in [1.54, 1.807) is 7.11 Å². The molecule has 1 heterocycles. The molecule has 0 aromatic rings. The van der Waals surface area contributed by atoms with Gasteiger partial charge in [0.1, 0.15) is 0 Å². The minimum Gasteiger partial charge on any atom is -0.385 e. The molecule has 0 bridgehead atoms. The number of carbonyl (C=O) groups excluding carboxylic acids is 2. The summed E-state index contributed by atoms with van der Waals surface area (Å²) < 4.78 is 5.27. The number of urea groups is 1. The lowest BCUT2D eigenvalue weighted by Gasteiger charge is -2.27. The number of guanidine groups is 1. The van der Waals surface area contributed by atoms with Crippen LogP contribution in [0.5, 0.6) is 0 Å². The Balaban J connectivity index is 0.00000338. The molecule has 1 aliphatic heterocycles. The van der Waals surface area contributed by atoms with Gasteiger partial charge in [0, 0.05) is 39.9 Å². The van der Waals surface area contributed by atoms with Crippen molar-refractivity contribution < 1.29 is 14.3 Å². The Labute approximate surface area is 172 Å². The van der Waals surface area contributed by atoms with Crippen LogP contribution < -0.4 is 16.0 Å². The minimum absolute atomic E-state index is 0. The van der Waals surface area contributed by atoms with Crippen molar-refractivity contribution in [2.24, 2.45) is 10.4 Å². The molecule has 3 N–H and O–H groups in total. The first-order valence-electron chi connectivity index (χ1n) is 9.19. The molecule has 2 fully saturated rings. The third kappa shape index (κ3) is 6.57. The lowest BCUT2D eigenvalue weighted by molar-refractivity contribution is -0.124. The molecule has 1 saturated carbocycles. The second-order valence-corrected chi connectivity index (χ2v) is 6.78. The summed E-state index contributed by atoms with van der Waals surface area (Å²) in [6.07, 6.45) is 5.95. The smallest absolute Gasteiger partial charge is 0.324 e. The molecular formula is C17H32IN5O3. The van der Waals surface area contributed by atoms with Crippen LogP contribution in [0.3, 0.4) is 0 Å². The molecule has 0 unspecified atom stereocenters. The first kappa shape index (κ1) is 22.9. The van der Waals surface area contributed by atoms with Crippen LogP contribution >= 0.6 is 24.0 Å². The number of methoxy groups -OCH3 is 1. The maximum absolute atomic E-state index is 11.6. The lowest BCUT2D eigenvalue weighted by Crippen LogP contribution is -2.43. The van der Waals surface area contributed by atoms with Gasteiger partial charge in [-0.2, -0.15) is 0 Å². The predicted octanol–water partition coefficient (Wildman–Crippen LogP) is 1.31. The molecule has 0 aromatic carbocycles. The molecule has 26 heavy (non-hydrogen) atoms. The highest BCUT2D eigenvalue weighted by Crippen LogP contribution is 2.41. The number of aliphatic imine (C=N–C) groups is 1. The Kier molecular flexibility index (Phi) is 10.2. The monoisotopic (exact) mass is 481 g/mol. The number of rotatable bonds is 9. The van der Waals surface area contributed by atoms with E-state index in [2.05, 4.69) is 16.0 Å². The van der Waals surface area contributed by atoms with Crippen LogP contribution in [0.1, 0.15) is 39.0 Å². The predicted molar refractivity (Wildman–Crippen MR) is 112 cm³/mol. The van der Waals surface area contributed by atoms with Crippen molar-refractivity contribution in [3.63, 3.8) is 0 Å². The maximum Gasteiger partial charge on any atom is 0.324 e. The van der Waals surface area contributed by atoms with Crippen molar-refractivity contribution in [3.8, 4) is 0 Å². The van der Waals surface area contributed by atoms with Gasteiger partial charge in [-0.25, -0.2) is 4.79 Å². The van der Waals surface area contributed by atoms with Crippen molar-refractivity contribution in [1.29, 1.82) is 0 Å². The van der Waals surface area contributed by atoms with Gasteiger partial charge < -0.3 is 20.7 Å². The molecule has 1 aliphatic carbocycles. The normalized spacial score (nSPS) is 19.3. The summed E-state index contributed by atoms with van der Waals surface area (Å²) in [6, 6.07) is -0.321. The SMILES string of the molecule is CCNC(=NCC1(CCOC)CCCC1)NCCN1C(=O)CNC1=O.I. The van der Waals surface area contributed by atoms with Crippen LogP contribution in [0, 0.1) is 5.41 Å². The number of amides is 3. The van der Waals surface area contributed by atoms with Gasteiger partial charge in [0.2, 0.25) is 5.91 Å². The Bertz CT molecular complexity index is 479. The van der Waals surface area contributed by atoms with Gasteiger partial charge in [0.25, 0.3) is 0 Å². The Hall–Kier alpha value is -1.10. The number of hydrogen-bond acceptors (Lipinski definition) is 4. The van der Waals surface area contributed by atoms with Crippen molar-refractivity contribution in [2.75, 3.05) is 46.4 Å². The highest BCUT2D eigenvalue weighted by atomic mass is 127. The maximum atomic E-state index is 11.6. The van der Waals surface area contributed by atoms with E-state index in [-0.39, 0.29) is 47.9 Å². The van der Waals surface area contributed by atoms with Crippen molar-refractivity contribution >= 4 is 41.9 Å². The van der Waals surface area contributed by atoms with E-state index >= 15 is 0 Å². The summed E-state index contributed by atoms with van der Waals surface area (Å²) in [7, 11) is 1.74. The second kappa shape index (κ2) is 11.6. The van der Waals surface area contributed by atoms with Gasteiger partial charge in [-0.1, -0.05) is 12.8 Å². The highest BCUT2D eigenvalue weighted by molar-refractivity contribution is 14.0. The molecule has 2 rings (SSSR count). The van der Waals surface area contributed by atoms with Crippen LogP contribution in [-0.2, 0) is 9.53 Å². The molecule has 1 saturated heterocycles. The third-order valence-corrected chi connectivity index (χ3v) is 4.98. The van der Waals surface area contributed by atoms with Crippen molar-refractivity contribution in [2.45, 2.75) is 39.0 Å². The summed E-state index contributed by atoms with van der Waals surface area (Å²) in [5.41, 5.74) is 0.239. The van der Waals surface area contributed by atoms with Crippen LogP contribution in [0.2, 0.25) is 0 Å². The molecule has 0 spiro atoms. The van der Waals surface area contributed by atoms with Crippen LogP contribution in [-0.4, -0.2) is 69.2 Å². The van der Waals surface area contributed by atoms with Gasteiger partial charge in [-0.05, 0) is 31.6 Å². The first-order chi connectivity index (χ1) is 12.1. The van der Waals surface area contributed by atoms with E-state index in [9.17, 15) is 9.59 Å². The van der Waals surface area contributed by atoms with Crippen LogP contribution in [0.15, 0.2) is 4.99 Å². The summed E-state index contributed by atoms with van der Waals surface area (Å²) in [4.78, 5) is 29.1. The van der Waals surface area contributed by atoms with Crippen LogP contribution in [0.25, 0.3) is 0 Å². The summed E-state index contributed by atoms with van der Waals surface area (Å²) in [6.45, 7) is 5.24. The molecular weight excluding hydrogens is 449 g/mol. The van der Waals surface area contributed by atoms with E-state index in [1.165, 1.54) is 30.6 Å². The molecule has 0 aromatic heterocycles. The third-order valence-electron chi connectivity index (χ3n) is 4.98. The molecule has 0 atom stereocenters. The largest absolute Gasteiger partial charge is 0.385 e. The average Bonchev–Trinajstić information content (AvgIpc) is 3.20. The number of carbonyl (C=O) groups is 2. The van der Waals surface area contributed by atoms with E-state index in [4.69, 9.17) is 9.73 Å². The van der Waals surface area contributed by atoms with Gasteiger partial charge in [0.05, 0.1) is 6.54 Å². The number of hydrogen-bond donors (Lipinski definition) is 3. The Morgan fingerprint density at radius 2 is 2.04 bits per heavy atom. The van der Waals surface area contributed by atoms with E-state index in [1.807, 2.05) is 6.92 Å². The number of nitrogens with one attached hydrogen (secondary N) is 3. The number of nitrogens with zero attached hydrogens (tertiary/aromatic N) is 2. The summed E-state index contributed by atoms with van der Waals surface area (Å²) in [5, 5.41) is 8.97. The zero-order valence-corrected chi connectivity index (χ0v) is 18.1. The molecule has 3 amide bonds. The second-order valence-electron chi connectivity index (χ2n) is 6.78. The van der Waals surface area contributed by atoms with E-state index in [0.717, 1.165) is 32.1 Å². The number of ether oxygens (including phenoxy) is 1. The summed E-state index contributed by atoms with van der Waals surface area (Å²) >= 11 is 0. The van der Waals surface area contributed by atoms with Crippen LogP contribution in [0.4, 0.5) is 4.79 Å².